The Balaban J connectivity index is 1.74. The van der Waals surface area contributed by atoms with Gasteiger partial charge in [-0.15, -0.1) is 11.3 Å². The number of nitrogens with one attached hydrogen (secondary N) is 1. The molecule has 2 N–H and O–H groups in total. The van der Waals surface area contributed by atoms with Crippen molar-refractivity contribution in [1.29, 1.82) is 0 Å². The van der Waals surface area contributed by atoms with E-state index in [1.807, 2.05) is 6.07 Å². The van der Waals surface area contributed by atoms with E-state index in [4.69, 9.17) is 9.84 Å². The highest BCUT2D eigenvalue weighted by atomic mass is 32.1. The van der Waals surface area contributed by atoms with Crippen LogP contribution in [0.3, 0.4) is 0 Å². The molecule has 0 radical (unpaired) electrons. The van der Waals surface area contributed by atoms with E-state index in [1.165, 1.54) is 4.88 Å². The number of ether oxygens (including phenoxy) is 1. The van der Waals surface area contributed by atoms with Crippen molar-refractivity contribution >= 4 is 17.3 Å². The molecule has 1 saturated heterocycles. The molecule has 2 rings (SSSR count). The van der Waals surface area contributed by atoms with Crippen molar-refractivity contribution in [1.82, 2.24) is 5.32 Å². The van der Waals surface area contributed by atoms with Crippen LogP contribution in [0.4, 0.5) is 0 Å². The fraction of sp³-hybridized carbons (Fsp3) is 0.583. The highest BCUT2D eigenvalue weighted by molar-refractivity contribution is 7.10. The minimum Gasteiger partial charge on any atom is -0.479 e. The van der Waals surface area contributed by atoms with Crippen molar-refractivity contribution in [3.8, 4) is 0 Å². The molecule has 0 spiro atoms. The highest BCUT2D eigenvalue weighted by Gasteiger charge is 2.30. The zero-order valence-electron chi connectivity index (χ0n) is 9.76. The predicted octanol–water partition coefficient (Wildman–Crippen LogP) is 2.03. The first-order chi connectivity index (χ1) is 8.16. The van der Waals surface area contributed by atoms with Gasteiger partial charge in [0.2, 0.25) is 0 Å². The zero-order chi connectivity index (χ0) is 12.3. The summed E-state index contributed by atoms with van der Waals surface area (Å²) in [7, 11) is 0. The Morgan fingerprint density at radius 1 is 1.71 bits per heavy atom. The average Bonchev–Trinajstić information content (AvgIpc) is 2.97. The maximum absolute atomic E-state index is 10.7. The molecular weight excluding hydrogens is 238 g/mol. The van der Waals surface area contributed by atoms with Crippen LogP contribution in [0.5, 0.6) is 0 Å². The molecular formula is C12H17NO3S. The Labute approximate surface area is 105 Å². The summed E-state index contributed by atoms with van der Waals surface area (Å²) < 4.78 is 5.43. The van der Waals surface area contributed by atoms with Gasteiger partial charge in [-0.1, -0.05) is 6.07 Å². The number of carbonyl (C=O) groups is 1. The van der Waals surface area contributed by atoms with Crippen LogP contribution in [0.25, 0.3) is 0 Å². The summed E-state index contributed by atoms with van der Waals surface area (Å²) in [4.78, 5) is 12.0. The van der Waals surface area contributed by atoms with Gasteiger partial charge in [0, 0.05) is 17.5 Å². The summed E-state index contributed by atoms with van der Waals surface area (Å²) in [5.74, 6) is -0.848. The summed E-state index contributed by atoms with van der Waals surface area (Å²) in [6.07, 6.45) is 0.855. The fourth-order valence-electron chi connectivity index (χ4n) is 1.98. The van der Waals surface area contributed by atoms with Crippen LogP contribution in [0.15, 0.2) is 17.5 Å². The summed E-state index contributed by atoms with van der Waals surface area (Å²) in [6, 6.07) is 4.42. The molecule has 0 aromatic carbocycles. The fourth-order valence-corrected chi connectivity index (χ4v) is 2.74. The van der Waals surface area contributed by atoms with Crippen LogP contribution in [-0.4, -0.2) is 29.8 Å². The average molecular weight is 255 g/mol. The highest BCUT2D eigenvalue weighted by Crippen LogP contribution is 2.22. The molecule has 2 heterocycles. The van der Waals surface area contributed by atoms with Gasteiger partial charge in [-0.05, 0) is 31.2 Å². The van der Waals surface area contributed by atoms with E-state index in [9.17, 15) is 4.79 Å². The molecule has 4 nitrogen and oxygen atoms in total. The summed E-state index contributed by atoms with van der Waals surface area (Å²) in [5, 5.41) is 14.2. The maximum Gasteiger partial charge on any atom is 0.332 e. The first-order valence-electron chi connectivity index (χ1n) is 5.82. The number of hydrogen-bond acceptors (Lipinski definition) is 4. The molecule has 1 aromatic heterocycles. The van der Waals surface area contributed by atoms with Crippen LogP contribution >= 0.6 is 11.3 Å². The summed E-state index contributed by atoms with van der Waals surface area (Å²) >= 11 is 1.72. The topological polar surface area (TPSA) is 58.6 Å². The lowest BCUT2D eigenvalue weighted by molar-refractivity contribution is -0.149. The molecule has 0 aliphatic carbocycles. The molecule has 1 aromatic rings. The largest absolute Gasteiger partial charge is 0.479 e. The smallest absolute Gasteiger partial charge is 0.332 e. The Kier molecular flexibility index (Phi) is 4.15. The van der Waals surface area contributed by atoms with Crippen molar-refractivity contribution < 1.29 is 14.6 Å². The number of carboxylic acid groups (broad SMARTS) is 1. The van der Waals surface area contributed by atoms with Crippen molar-refractivity contribution in [2.75, 3.05) is 6.54 Å². The van der Waals surface area contributed by atoms with Gasteiger partial charge in [-0.3, -0.25) is 0 Å². The van der Waals surface area contributed by atoms with E-state index in [2.05, 4.69) is 23.7 Å². The SMILES string of the molecule is C[C@H](NCC1CCC(C(=O)O)O1)c1cccs1. The van der Waals surface area contributed by atoms with E-state index < -0.39 is 12.1 Å². The van der Waals surface area contributed by atoms with Crippen molar-refractivity contribution in [3.63, 3.8) is 0 Å². The normalized spacial score (nSPS) is 25.9. The van der Waals surface area contributed by atoms with Crippen LogP contribution in [0.2, 0.25) is 0 Å². The Hall–Kier alpha value is -0.910. The quantitative estimate of drug-likeness (QED) is 0.845. The molecule has 0 amide bonds. The van der Waals surface area contributed by atoms with E-state index >= 15 is 0 Å². The summed E-state index contributed by atoms with van der Waals surface area (Å²) in [5.41, 5.74) is 0. The standard InChI is InChI=1S/C12H17NO3S/c1-8(11-3-2-6-17-11)13-7-9-4-5-10(16-9)12(14)15/h2-3,6,8-10,13H,4-5,7H2,1H3,(H,14,15)/t8-,9?,10?/m0/s1. The Bertz CT molecular complexity index is 366. The third-order valence-electron chi connectivity index (χ3n) is 3.00. The molecule has 3 atom stereocenters. The Morgan fingerprint density at radius 2 is 2.53 bits per heavy atom. The van der Waals surface area contributed by atoms with Gasteiger partial charge in [0.15, 0.2) is 6.10 Å². The second-order valence-corrected chi connectivity index (χ2v) is 5.29. The lowest BCUT2D eigenvalue weighted by atomic mass is 10.2. The van der Waals surface area contributed by atoms with Gasteiger partial charge in [0.05, 0.1) is 6.10 Å². The third kappa shape index (κ3) is 3.28. The molecule has 17 heavy (non-hydrogen) atoms. The van der Waals surface area contributed by atoms with Gasteiger partial charge in [0.1, 0.15) is 0 Å². The molecule has 2 unspecified atom stereocenters. The van der Waals surface area contributed by atoms with E-state index in [-0.39, 0.29) is 6.10 Å². The lowest BCUT2D eigenvalue weighted by Crippen LogP contribution is -2.30. The van der Waals surface area contributed by atoms with E-state index in [0.29, 0.717) is 19.0 Å². The molecule has 0 bridgehead atoms. The minimum absolute atomic E-state index is 0.0264. The second kappa shape index (κ2) is 5.62. The van der Waals surface area contributed by atoms with E-state index in [1.54, 1.807) is 11.3 Å². The van der Waals surface area contributed by atoms with Crippen molar-refractivity contribution in [2.24, 2.45) is 0 Å². The Morgan fingerprint density at radius 3 is 3.12 bits per heavy atom. The molecule has 94 valence electrons. The lowest BCUT2D eigenvalue weighted by Gasteiger charge is -2.16. The molecule has 1 aliphatic rings. The monoisotopic (exact) mass is 255 g/mol. The van der Waals surface area contributed by atoms with Crippen molar-refractivity contribution in [2.45, 2.75) is 38.0 Å². The van der Waals surface area contributed by atoms with Gasteiger partial charge in [-0.2, -0.15) is 0 Å². The first-order valence-corrected chi connectivity index (χ1v) is 6.70. The number of thiophene rings is 1. The second-order valence-electron chi connectivity index (χ2n) is 4.31. The van der Waals surface area contributed by atoms with Crippen LogP contribution in [0, 0.1) is 0 Å². The molecule has 1 aliphatic heterocycles. The predicted molar refractivity (Wildman–Crippen MR) is 66.3 cm³/mol. The number of hydrogen-bond donors (Lipinski definition) is 2. The van der Waals surface area contributed by atoms with Gasteiger partial charge >= 0.3 is 5.97 Å². The zero-order valence-corrected chi connectivity index (χ0v) is 10.6. The number of carboxylic acids is 1. The number of aliphatic carboxylic acids is 1. The van der Waals surface area contributed by atoms with Crippen LogP contribution < -0.4 is 5.32 Å². The molecule has 0 saturated carbocycles. The van der Waals surface area contributed by atoms with Crippen LogP contribution in [-0.2, 0) is 9.53 Å². The van der Waals surface area contributed by atoms with Gasteiger partial charge in [0.25, 0.3) is 0 Å². The molecule has 5 heteroatoms. The van der Waals surface area contributed by atoms with E-state index in [0.717, 1.165) is 6.42 Å². The summed E-state index contributed by atoms with van der Waals surface area (Å²) in [6.45, 7) is 2.82. The van der Waals surface area contributed by atoms with Gasteiger partial charge < -0.3 is 15.2 Å². The first kappa shape index (κ1) is 12.5. The third-order valence-corrected chi connectivity index (χ3v) is 4.06. The molecule has 1 fully saturated rings. The van der Waals surface area contributed by atoms with Crippen LogP contribution in [0.1, 0.15) is 30.7 Å². The van der Waals surface area contributed by atoms with Gasteiger partial charge in [-0.25, -0.2) is 4.79 Å². The maximum atomic E-state index is 10.7. The van der Waals surface area contributed by atoms with Crippen molar-refractivity contribution in [3.05, 3.63) is 22.4 Å². The minimum atomic E-state index is -0.848. The number of rotatable bonds is 5.